The Kier molecular flexibility index (Phi) is 6.75. The molecule has 0 saturated heterocycles. The Balaban J connectivity index is 0.00000196. The van der Waals surface area contributed by atoms with Crippen molar-refractivity contribution in [3.63, 3.8) is 0 Å². The summed E-state index contributed by atoms with van der Waals surface area (Å²) in [6, 6.07) is 0.141. The second-order valence-electron chi connectivity index (χ2n) is 3.97. The third-order valence-corrected chi connectivity index (χ3v) is 4.36. The lowest BCUT2D eigenvalue weighted by Gasteiger charge is -2.27. The van der Waals surface area contributed by atoms with Gasteiger partial charge in [-0.15, -0.1) is 12.4 Å². The number of hydrogen-bond acceptors (Lipinski definition) is 3. The zero-order valence-electron chi connectivity index (χ0n) is 9.11. The van der Waals surface area contributed by atoms with E-state index >= 15 is 0 Å². The van der Waals surface area contributed by atoms with Gasteiger partial charge in [0.25, 0.3) is 0 Å². The smallest absolute Gasteiger partial charge is 0.211 e. The molecule has 1 rings (SSSR count). The molecule has 1 saturated carbocycles. The topological polar surface area (TPSA) is 72.2 Å². The van der Waals surface area contributed by atoms with Crippen LogP contribution in [-0.4, -0.2) is 26.8 Å². The Morgan fingerprint density at radius 3 is 2.20 bits per heavy atom. The van der Waals surface area contributed by atoms with Crippen LogP contribution in [0.4, 0.5) is 0 Å². The SMILES string of the molecule is CCS(=O)(=O)NC1CCC(CN)CC1.Cl. The van der Waals surface area contributed by atoms with E-state index in [0.29, 0.717) is 5.92 Å². The van der Waals surface area contributed by atoms with Gasteiger partial charge < -0.3 is 5.73 Å². The third-order valence-electron chi connectivity index (χ3n) is 2.91. The molecule has 3 N–H and O–H groups in total. The van der Waals surface area contributed by atoms with E-state index < -0.39 is 10.0 Å². The molecular formula is C9H21ClN2O2S. The largest absolute Gasteiger partial charge is 0.330 e. The quantitative estimate of drug-likeness (QED) is 0.784. The second kappa shape index (κ2) is 6.68. The van der Waals surface area contributed by atoms with Gasteiger partial charge in [-0.05, 0) is 45.1 Å². The Morgan fingerprint density at radius 2 is 1.80 bits per heavy atom. The zero-order chi connectivity index (χ0) is 10.6. The zero-order valence-corrected chi connectivity index (χ0v) is 10.7. The van der Waals surface area contributed by atoms with Crippen molar-refractivity contribution in [1.29, 1.82) is 0 Å². The van der Waals surface area contributed by atoms with Gasteiger partial charge in [-0.25, -0.2) is 13.1 Å². The van der Waals surface area contributed by atoms with E-state index in [1.54, 1.807) is 6.92 Å². The molecule has 0 aromatic heterocycles. The average Bonchev–Trinajstić information content (AvgIpc) is 2.19. The van der Waals surface area contributed by atoms with Crippen LogP contribution in [0.5, 0.6) is 0 Å². The van der Waals surface area contributed by atoms with Gasteiger partial charge >= 0.3 is 0 Å². The maximum atomic E-state index is 11.3. The summed E-state index contributed by atoms with van der Waals surface area (Å²) >= 11 is 0. The molecular weight excluding hydrogens is 236 g/mol. The van der Waals surface area contributed by atoms with Crippen molar-refractivity contribution >= 4 is 22.4 Å². The van der Waals surface area contributed by atoms with Crippen LogP contribution in [0.1, 0.15) is 32.6 Å². The number of hydrogen-bond donors (Lipinski definition) is 2. The molecule has 92 valence electrons. The van der Waals surface area contributed by atoms with Crippen LogP contribution >= 0.6 is 12.4 Å². The summed E-state index contributed by atoms with van der Waals surface area (Å²) < 4.78 is 25.3. The highest BCUT2D eigenvalue weighted by Gasteiger charge is 2.22. The molecule has 0 heterocycles. The van der Waals surface area contributed by atoms with Crippen LogP contribution in [0, 0.1) is 5.92 Å². The lowest BCUT2D eigenvalue weighted by Crippen LogP contribution is -2.39. The van der Waals surface area contributed by atoms with Crippen molar-refractivity contribution < 1.29 is 8.42 Å². The lowest BCUT2D eigenvalue weighted by molar-refractivity contribution is 0.319. The van der Waals surface area contributed by atoms with Gasteiger partial charge in [-0.3, -0.25) is 0 Å². The van der Waals surface area contributed by atoms with Crippen LogP contribution in [-0.2, 0) is 10.0 Å². The fourth-order valence-electron chi connectivity index (χ4n) is 1.85. The molecule has 1 aliphatic rings. The molecule has 0 aliphatic heterocycles. The number of rotatable bonds is 4. The van der Waals surface area contributed by atoms with E-state index in [1.807, 2.05) is 0 Å². The highest BCUT2D eigenvalue weighted by molar-refractivity contribution is 7.89. The molecule has 0 radical (unpaired) electrons. The van der Waals surface area contributed by atoms with Gasteiger partial charge in [-0.2, -0.15) is 0 Å². The molecule has 0 unspecified atom stereocenters. The molecule has 1 fully saturated rings. The first kappa shape index (κ1) is 15.2. The highest BCUT2D eigenvalue weighted by atomic mass is 35.5. The third kappa shape index (κ3) is 5.15. The van der Waals surface area contributed by atoms with E-state index in [2.05, 4.69) is 4.72 Å². The predicted octanol–water partition coefficient (Wildman–Crippen LogP) is 0.865. The highest BCUT2D eigenvalue weighted by Crippen LogP contribution is 2.23. The van der Waals surface area contributed by atoms with Crippen LogP contribution < -0.4 is 10.5 Å². The molecule has 0 aromatic carbocycles. The first-order chi connectivity index (χ1) is 6.57. The molecule has 0 bridgehead atoms. The van der Waals surface area contributed by atoms with Crippen molar-refractivity contribution in [1.82, 2.24) is 4.72 Å². The Morgan fingerprint density at radius 1 is 1.27 bits per heavy atom. The summed E-state index contributed by atoms with van der Waals surface area (Å²) in [4.78, 5) is 0. The van der Waals surface area contributed by atoms with Gasteiger partial charge in [0.2, 0.25) is 10.0 Å². The second-order valence-corrected chi connectivity index (χ2v) is 6.02. The van der Waals surface area contributed by atoms with Gasteiger partial charge in [0.1, 0.15) is 0 Å². The number of nitrogens with one attached hydrogen (secondary N) is 1. The Hall–Kier alpha value is 0.160. The maximum absolute atomic E-state index is 11.3. The lowest BCUT2D eigenvalue weighted by atomic mass is 9.87. The van der Waals surface area contributed by atoms with Crippen molar-refractivity contribution in [3.05, 3.63) is 0 Å². The van der Waals surface area contributed by atoms with E-state index in [9.17, 15) is 8.42 Å². The van der Waals surface area contributed by atoms with E-state index in [1.165, 1.54) is 0 Å². The van der Waals surface area contributed by atoms with Crippen molar-refractivity contribution in [2.45, 2.75) is 38.6 Å². The Bertz CT molecular complexity index is 261. The number of halogens is 1. The van der Waals surface area contributed by atoms with Crippen molar-refractivity contribution in [2.75, 3.05) is 12.3 Å². The predicted molar refractivity (Wildman–Crippen MR) is 64.6 cm³/mol. The molecule has 4 nitrogen and oxygen atoms in total. The molecule has 1 aliphatic carbocycles. The monoisotopic (exact) mass is 256 g/mol. The standard InChI is InChI=1S/C9H20N2O2S.ClH/c1-2-14(12,13)11-9-5-3-8(7-10)4-6-9;/h8-9,11H,2-7,10H2,1H3;1H. The first-order valence-corrected chi connectivity index (χ1v) is 6.92. The van der Waals surface area contributed by atoms with Gasteiger partial charge in [-0.1, -0.05) is 0 Å². The van der Waals surface area contributed by atoms with E-state index in [4.69, 9.17) is 5.73 Å². The fraction of sp³-hybridized carbons (Fsp3) is 1.00. The van der Waals surface area contributed by atoms with Crippen LogP contribution in [0.15, 0.2) is 0 Å². The molecule has 0 amide bonds. The first-order valence-electron chi connectivity index (χ1n) is 5.27. The maximum Gasteiger partial charge on any atom is 0.211 e. The van der Waals surface area contributed by atoms with Crippen LogP contribution in [0.3, 0.4) is 0 Å². The summed E-state index contributed by atoms with van der Waals surface area (Å²) in [6.07, 6.45) is 3.96. The van der Waals surface area contributed by atoms with E-state index in [-0.39, 0.29) is 24.2 Å². The fourth-order valence-corrected chi connectivity index (χ4v) is 2.76. The van der Waals surface area contributed by atoms with Gasteiger partial charge in [0.15, 0.2) is 0 Å². The van der Waals surface area contributed by atoms with Crippen LogP contribution in [0.25, 0.3) is 0 Å². The van der Waals surface area contributed by atoms with Gasteiger partial charge in [0.05, 0.1) is 5.75 Å². The minimum atomic E-state index is -3.02. The summed E-state index contributed by atoms with van der Waals surface area (Å²) in [5.74, 6) is 0.765. The molecule has 15 heavy (non-hydrogen) atoms. The minimum Gasteiger partial charge on any atom is -0.330 e. The summed E-state index contributed by atoms with van der Waals surface area (Å²) in [6.45, 7) is 2.39. The Labute approximate surface area is 98.5 Å². The van der Waals surface area contributed by atoms with Crippen LogP contribution in [0.2, 0.25) is 0 Å². The van der Waals surface area contributed by atoms with Crippen molar-refractivity contribution in [2.24, 2.45) is 11.7 Å². The summed E-state index contributed by atoms with van der Waals surface area (Å²) in [7, 11) is -3.02. The molecule has 6 heteroatoms. The van der Waals surface area contributed by atoms with Crippen molar-refractivity contribution in [3.8, 4) is 0 Å². The average molecular weight is 257 g/mol. The number of sulfonamides is 1. The number of nitrogens with two attached hydrogens (primary N) is 1. The molecule has 0 aromatic rings. The molecule has 0 atom stereocenters. The summed E-state index contributed by atoms with van der Waals surface area (Å²) in [5.41, 5.74) is 5.56. The molecule has 0 spiro atoms. The normalized spacial score (nSPS) is 27.1. The van der Waals surface area contributed by atoms with Gasteiger partial charge in [0, 0.05) is 6.04 Å². The summed E-state index contributed by atoms with van der Waals surface area (Å²) in [5, 5.41) is 0. The minimum absolute atomic E-state index is 0. The van der Waals surface area contributed by atoms with E-state index in [0.717, 1.165) is 32.2 Å².